The molecular formula is C9H7Br2NOS. The van der Waals surface area contributed by atoms with Gasteiger partial charge in [-0.2, -0.15) is 0 Å². The lowest BCUT2D eigenvalue weighted by Gasteiger charge is -2.06. The predicted molar refractivity (Wildman–Crippen MR) is 64.5 cm³/mol. The van der Waals surface area contributed by atoms with Gasteiger partial charge in [0.05, 0.1) is 19.9 Å². The van der Waals surface area contributed by atoms with Gasteiger partial charge >= 0.3 is 0 Å². The van der Waals surface area contributed by atoms with Crippen LogP contribution in [-0.2, 0) is 0 Å². The van der Waals surface area contributed by atoms with E-state index in [2.05, 4.69) is 31.9 Å². The zero-order valence-electron chi connectivity index (χ0n) is 7.04. The molecular weight excluding hydrogens is 330 g/mol. The molecule has 2 heterocycles. The van der Waals surface area contributed by atoms with Gasteiger partial charge in [0.15, 0.2) is 0 Å². The van der Waals surface area contributed by atoms with E-state index < -0.39 is 0 Å². The lowest BCUT2D eigenvalue weighted by Crippen LogP contribution is -2.10. The average Bonchev–Trinajstić information content (AvgIpc) is 2.73. The standard InChI is InChI=1S/C9H7Br2NOS/c10-7-4-5(9(11)14-7)8(12)6-2-1-3-13-6/h1-4,8H,12H2. The molecule has 1 unspecified atom stereocenters. The normalized spacial score (nSPS) is 13.1. The first-order valence-electron chi connectivity index (χ1n) is 3.92. The molecule has 14 heavy (non-hydrogen) atoms. The van der Waals surface area contributed by atoms with E-state index in [4.69, 9.17) is 10.2 Å². The van der Waals surface area contributed by atoms with Crippen molar-refractivity contribution in [1.82, 2.24) is 0 Å². The highest BCUT2D eigenvalue weighted by Gasteiger charge is 2.16. The van der Waals surface area contributed by atoms with E-state index in [1.54, 1.807) is 17.6 Å². The molecule has 0 bridgehead atoms. The van der Waals surface area contributed by atoms with Gasteiger partial charge in [-0.3, -0.25) is 0 Å². The van der Waals surface area contributed by atoms with E-state index in [0.29, 0.717) is 0 Å². The molecule has 5 heteroatoms. The van der Waals surface area contributed by atoms with E-state index in [0.717, 1.165) is 18.9 Å². The van der Waals surface area contributed by atoms with Crippen molar-refractivity contribution in [1.29, 1.82) is 0 Å². The molecule has 0 aliphatic heterocycles. The molecule has 2 N–H and O–H groups in total. The van der Waals surface area contributed by atoms with Gasteiger partial charge in [-0.05, 0) is 50.1 Å². The van der Waals surface area contributed by atoms with E-state index in [-0.39, 0.29) is 6.04 Å². The Bertz CT molecular complexity index is 424. The van der Waals surface area contributed by atoms with Crippen molar-refractivity contribution in [2.45, 2.75) is 6.04 Å². The SMILES string of the molecule is NC(c1ccco1)c1cc(Br)sc1Br. The van der Waals surface area contributed by atoms with Crippen LogP contribution < -0.4 is 5.73 Å². The Morgan fingerprint density at radius 1 is 1.43 bits per heavy atom. The van der Waals surface area contributed by atoms with Crippen molar-refractivity contribution < 1.29 is 4.42 Å². The Hall–Kier alpha value is -0.100. The summed E-state index contributed by atoms with van der Waals surface area (Å²) in [5.41, 5.74) is 7.08. The van der Waals surface area contributed by atoms with Crippen molar-refractivity contribution in [3.8, 4) is 0 Å². The highest BCUT2D eigenvalue weighted by atomic mass is 79.9. The van der Waals surface area contributed by atoms with Gasteiger partial charge < -0.3 is 10.2 Å². The summed E-state index contributed by atoms with van der Waals surface area (Å²) in [6.07, 6.45) is 1.63. The third kappa shape index (κ3) is 1.95. The van der Waals surface area contributed by atoms with E-state index in [1.165, 1.54) is 0 Å². The van der Waals surface area contributed by atoms with Crippen LogP contribution >= 0.6 is 43.2 Å². The number of rotatable bonds is 2. The summed E-state index contributed by atoms with van der Waals surface area (Å²) in [6.45, 7) is 0. The summed E-state index contributed by atoms with van der Waals surface area (Å²) in [5, 5.41) is 0. The summed E-state index contributed by atoms with van der Waals surface area (Å²) in [5.74, 6) is 0.774. The van der Waals surface area contributed by atoms with Crippen molar-refractivity contribution in [2.24, 2.45) is 5.73 Å². The van der Waals surface area contributed by atoms with Crippen LogP contribution in [0.2, 0.25) is 0 Å². The van der Waals surface area contributed by atoms with E-state index in [1.807, 2.05) is 18.2 Å². The molecule has 2 rings (SSSR count). The molecule has 0 spiro atoms. The van der Waals surface area contributed by atoms with Crippen LogP contribution in [0.25, 0.3) is 0 Å². The van der Waals surface area contributed by atoms with Gasteiger partial charge in [0.25, 0.3) is 0 Å². The fourth-order valence-electron chi connectivity index (χ4n) is 1.19. The third-order valence-corrected chi connectivity index (χ3v) is 4.25. The van der Waals surface area contributed by atoms with Gasteiger partial charge in [-0.15, -0.1) is 11.3 Å². The predicted octanol–water partition coefficient (Wildman–Crippen LogP) is 3.91. The average molecular weight is 337 g/mol. The maximum Gasteiger partial charge on any atom is 0.125 e. The first-order chi connectivity index (χ1) is 6.68. The topological polar surface area (TPSA) is 39.2 Å². The Labute approximate surface area is 102 Å². The first-order valence-corrected chi connectivity index (χ1v) is 6.32. The summed E-state index contributed by atoms with van der Waals surface area (Å²) >= 11 is 8.49. The fraction of sp³-hybridized carbons (Fsp3) is 0.111. The van der Waals surface area contributed by atoms with E-state index in [9.17, 15) is 0 Å². The molecule has 0 radical (unpaired) electrons. The zero-order chi connectivity index (χ0) is 10.1. The first kappa shape index (κ1) is 10.4. The number of hydrogen-bond acceptors (Lipinski definition) is 3. The molecule has 0 amide bonds. The van der Waals surface area contributed by atoms with Crippen LogP contribution in [-0.4, -0.2) is 0 Å². The van der Waals surface area contributed by atoms with Crippen molar-refractivity contribution in [3.63, 3.8) is 0 Å². The lowest BCUT2D eigenvalue weighted by molar-refractivity contribution is 0.490. The summed E-state index contributed by atoms with van der Waals surface area (Å²) in [6, 6.07) is 5.51. The smallest absolute Gasteiger partial charge is 0.125 e. The molecule has 0 saturated carbocycles. The molecule has 2 aromatic rings. The molecule has 0 aromatic carbocycles. The number of nitrogens with two attached hydrogens (primary N) is 1. The number of thiophene rings is 1. The van der Waals surface area contributed by atoms with Gasteiger partial charge in [-0.25, -0.2) is 0 Å². The maximum absolute atomic E-state index is 6.04. The highest BCUT2D eigenvalue weighted by molar-refractivity contribution is 9.12. The molecule has 0 aliphatic rings. The number of furan rings is 1. The molecule has 74 valence electrons. The minimum absolute atomic E-state index is 0.207. The van der Waals surface area contributed by atoms with Crippen LogP contribution in [0.15, 0.2) is 36.5 Å². The molecule has 1 atom stereocenters. The van der Waals surface area contributed by atoms with Crippen molar-refractivity contribution >= 4 is 43.2 Å². The van der Waals surface area contributed by atoms with E-state index >= 15 is 0 Å². The Morgan fingerprint density at radius 3 is 2.71 bits per heavy atom. The zero-order valence-corrected chi connectivity index (χ0v) is 11.0. The number of hydrogen-bond donors (Lipinski definition) is 1. The molecule has 2 nitrogen and oxygen atoms in total. The van der Waals surface area contributed by atoms with Gasteiger partial charge in [0.1, 0.15) is 5.76 Å². The Balaban J connectivity index is 2.36. The molecule has 0 saturated heterocycles. The van der Waals surface area contributed by atoms with Crippen LogP contribution in [0.3, 0.4) is 0 Å². The van der Waals surface area contributed by atoms with Gasteiger partial charge in [0, 0.05) is 5.56 Å². The Morgan fingerprint density at radius 2 is 2.21 bits per heavy atom. The van der Waals surface area contributed by atoms with Gasteiger partial charge in [-0.1, -0.05) is 0 Å². The quantitative estimate of drug-likeness (QED) is 0.902. The van der Waals surface area contributed by atoms with Crippen LogP contribution in [0.5, 0.6) is 0 Å². The summed E-state index contributed by atoms with van der Waals surface area (Å²) in [4.78, 5) is 0. The Kier molecular flexibility index (Phi) is 3.11. The second-order valence-corrected chi connectivity index (χ2v) is 6.52. The lowest BCUT2D eigenvalue weighted by atomic mass is 10.1. The maximum atomic E-state index is 6.04. The molecule has 2 aromatic heterocycles. The molecule has 0 aliphatic carbocycles. The monoisotopic (exact) mass is 335 g/mol. The van der Waals surface area contributed by atoms with Crippen LogP contribution in [0.4, 0.5) is 0 Å². The fourth-order valence-corrected chi connectivity index (χ4v) is 4.12. The largest absolute Gasteiger partial charge is 0.467 e. The van der Waals surface area contributed by atoms with Crippen molar-refractivity contribution in [2.75, 3.05) is 0 Å². The second kappa shape index (κ2) is 4.18. The third-order valence-electron chi connectivity index (χ3n) is 1.87. The highest BCUT2D eigenvalue weighted by Crippen LogP contribution is 2.36. The van der Waals surface area contributed by atoms with Crippen molar-refractivity contribution in [3.05, 3.63) is 43.4 Å². The van der Waals surface area contributed by atoms with Gasteiger partial charge in [0.2, 0.25) is 0 Å². The number of halogens is 2. The summed E-state index contributed by atoms with van der Waals surface area (Å²) < 4.78 is 7.35. The second-order valence-electron chi connectivity index (χ2n) is 2.77. The summed E-state index contributed by atoms with van der Waals surface area (Å²) in [7, 11) is 0. The van der Waals surface area contributed by atoms with Crippen LogP contribution in [0, 0.1) is 0 Å². The van der Waals surface area contributed by atoms with Crippen LogP contribution in [0.1, 0.15) is 17.4 Å². The minimum Gasteiger partial charge on any atom is -0.467 e. The minimum atomic E-state index is -0.207. The molecule has 0 fully saturated rings.